The standard InChI is InChI=1S/C20H28N2O4/c1-16(23)21-10-15-26-18-4-2-17(3-5-18)19(24)22-11-6-20(7-12-22)8-13-25-14-9-20/h2-5H,6-15H2,1H3,(H,21,23). The van der Waals surface area contributed by atoms with Gasteiger partial charge in [0.2, 0.25) is 5.91 Å². The van der Waals surface area contributed by atoms with Crippen LogP contribution in [-0.4, -0.2) is 56.2 Å². The molecular formula is C20H28N2O4. The van der Waals surface area contributed by atoms with Crippen molar-refractivity contribution in [1.29, 1.82) is 0 Å². The Morgan fingerprint density at radius 2 is 1.77 bits per heavy atom. The van der Waals surface area contributed by atoms with Gasteiger partial charge in [0.1, 0.15) is 12.4 Å². The van der Waals surface area contributed by atoms with E-state index in [1.165, 1.54) is 6.92 Å². The summed E-state index contributed by atoms with van der Waals surface area (Å²) in [6, 6.07) is 7.25. The molecule has 6 nitrogen and oxygen atoms in total. The summed E-state index contributed by atoms with van der Waals surface area (Å²) in [5.41, 5.74) is 1.09. The average molecular weight is 360 g/mol. The van der Waals surface area contributed by atoms with Crippen molar-refractivity contribution in [2.45, 2.75) is 32.6 Å². The average Bonchev–Trinajstić information content (AvgIpc) is 2.66. The number of nitrogens with zero attached hydrogens (tertiary/aromatic N) is 1. The number of amides is 2. The molecule has 2 saturated heterocycles. The third kappa shape index (κ3) is 4.75. The lowest BCUT2D eigenvalue weighted by Gasteiger charge is -2.44. The van der Waals surface area contributed by atoms with Crippen LogP contribution >= 0.6 is 0 Å². The minimum atomic E-state index is -0.0707. The van der Waals surface area contributed by atoms with Gasteiger partial charge >= 0.3 is 0 Å². The molecule has 0 saturated carbocycles. The minimum Gasteiger partial charge on any atom is -0.492 e. The first kappa shape index (κ1) is 18.7. The molecule has 1 aromatic carbocycles. The summed E-state index contributed by atoms with van der Waals surface area (Å²) in [4.78, 5) is 25.5. The summed E-state index contributed by atoms with van der Waals surface area (Å²) in [7, 11) is 0. The van der Waals surface area contributed by atoms with E-state index in [4.69, 9.17) is 9.47 Å². The van der Waals surface area contributed by atoms with Crippen molar-refractivity contribution in [3.05, 3.63) is 29.8 Å². The fourth-order valence-electron chi connectivity index (χ4n) is 3.76. The maximum Gasteiger partial charge on any atom is 0.253 e. The van der Waals surface area contributed by atoms with Gasteiger partial charge in [-0.3, -0.25) is 9.59 Å². The van der Waals surface area contributed by atoms with Gasteiger partial charge in [0, 0.05) is 38.8 Å². The molecule has 0 aromatic heterocycles. The van der Waals surface area contributed by atoms with E-state index in [1.54, 1.807) is 0 Å². The smallest absolute Gasteiger partial charge is 0.253 e. The predicted molar refractivity (Wildman–Crippen MR) is 98.2 cm³/mol. The van der Waals surface area contributed by atoms with E-state index >= 15 is 0 Å². The molecule has 2 fully saturated rings. The molecule has 2 aliphatic rings. The van der Waals surface area contributed by atoms with E-state index in [0.29, 0.717) is 29.9 Å². The number of nitrogens with one attached hydrogen (secondary N) is 1. The van der Waals surface area contributed by atoms with E-state index in [-0.39, 0.29) is 11.8 Å². The molecule has 2 heterocycles. The zero-order valence-corrected chi connectivity index (χ0v) is 15.5. The van der Waals surface area contributed by atoms with Gasteiger partial charge in [0.25, 0.3) is 5.91 Å². The molecule has 1 spiro atoms. The summed E-state index contributed by atoms with van der Waals surface area (Å²) in [5.74, 6) is 0.724. The van der Waals surface area contributed by atoms with Crippen LogP contribution in [0.15, 0.2) is 24.3 Å². The van der Waals surface area contributed by atoms with Crippen molar-refractivity contribution in [2.75, 3.05) is 39.5 Å². The molecule has 0 aliphatic carbocycles. The van der Waals surface area contributed by atoms with Gasteiger partial charge in [-0.2, -0.15) is 0 Å². The number of carbonyl (C=O) groups is 2. The topological polar surface area (TPSA) is 67.9 Å². The van der Waals surface area contributed by atoms with Crippen LogP contribution in [0.4, 0.5) is 0 Å². The SMILES string of the molecule is CC(=O)NCCOc1ccc(C(=O)N2CCC3(CCOCC3)CC2)cc1. The predicted octanol–water partition coefficient (Wildman–Crippen LogP) is 2.23. The highest BCUT2D eigenvalue weighted by Crippen LogP contribution is 2.40. The number of piperidine rings is 1. The highest BCUT2D eigenvalue weighted by atomic mass is 16.5. The van der Waals surface area contributed by atoms with Crippen LogP contribution in [0.5, 0.6) is 5.75 Å². The first-order valence-electron chi connectivity index (χ1n) is 9.42. The largest absolute Gasteiger partial charge is 0.492 e. The highest BCUT2D eigenvalue weighted by molar-refractivity contribution is 5.94. The molecule has 0 radical (unpaired) electrons. The Bertz CT molecular complexity index is 613. The van der Waals surface area contributed by atoms with Crippen LogP contribution in [0.25, 0.3) is 0 Å². The molecular weight excluding hydrogens is 332 g/mol. The number of benzene rings is 1. The van der Waals surface area contributed by atoms with Crippen LogP contribution in [0.2, 0.25) is 0 Å². The number of hydrogen-bond donors (Lipinski definition) is 1. The third-order valence-electron chi connectivity index (χ3n) is 5.51. The minimum absolute atomic E-state index is 0.0707. The van der Waals surface area contributed by atoms with Crippen molar-refractivity contribution >= 4 is 11.8 Å². The van der Waals surface area contributed by atoms with Crippen LogP contribution in [0, 0.1) is 5.41 Å². The molecule has 6 heteroatoms. The lowest BCUT2D eigenvalue weighted by Crippen LogP contribution is -2.45. The molecule has 2 amide bonds. The Morgan fingerprint density at radius 1 is 1.12 bits per heavy atom. The zero-order chi connectivity index (χ0) is 18.4. The Kier molecular flexibility index (Phi) is 6.14. The molecule has 0 unspecified atom stereocenters. The van der Waals surface area contributed by atoms with E-state index < -0.39 is 0 Å². The fourth-order valence-corrected chi connectivity index (χ4v) is 3.76. The summed E-state index contributed by atoms with van der Waals surface area (Å²) < 4.78 is 11.0. The summed E-state index contributed by atoms with van der Waals surface area (Å²) in [5, 5.41) is 2.68. The van der Waals surface area contributed by atoms with E-state index in [1.807, 2.05) is 29.2 Å². The third-order valence-corrected chi connectivity index (χ3v) is 5.51. The molecule has 0 atom stereocenters. The summed E-state index contributed by atoms with van der Waals surface area (Å²) in [6.07, 6.45) is 4.40. The molecule has 2 aliphatic heterocycles. The van der Waals surface area contributed by atoms with Crippen LogP contribution in [0.3, 0.4) is 0 Å². The quantitative estimate of drug-likeness (QED) is 0.818. The van der Waals surface area contributed by atoms with Crippen molar-refractivity contribution in [1.82, 2.24) is 10.2 Å². The van der Waals surface area contributed by atoms with Gasteiger partial charge < -0.3 is 19.7 Å². The van der Waals surface area contributed by atoms with Gasteiger partial charge in [-0.1, -0.05) is 0 Å². The van der Waals surface area contributed by atoms with Crippen LogP contribution < -0.4 is 10.1 Å². The summed E-state index contributed by atoms with van der Waals surface area (Å²) in [6.45, 7) is 5.72. The van der Waals surface area contributed by atoms with E-state index in [9.17, 15) is 9.59 Å². The number of likely N-dealkylation sites (tertiary alicyclic amines) is 1. The van der Waals surface area contributed by atoms with Crippen LogP contribution in [-0.2, 0) is 9.53 Å². The zero-order valence-electron chi connectivity index (χ0n) is 15.5. The van der Waals surface area contributed by atoms with Gasteiger partial charge in [0.15, 0.2) is 0 Å². The first-order valence-corrected chi connectivity index (χ1v) is 9.42. The molecule has 1 aromatic rings. The lowest BCUT2D eigenvalue weighted by atomic mass is 9.72. The molecule has 26 heavy (non-hydrogen) atoms. The highest BCUT2D eigenvalue weighted by Gasteiger charge is 2.37. The monoisotopic (exact) mass is 360 g/mol. The van der Waals surface area contributed by atoms with Crippen molar-refractivity contribution in [3.8, 4) is 5.75 Å². The molecule has 0 bridgehead atoms. The molecule has 3 rings (SSSR count). The van der Waals surface area contributed by atoms with Gasteiger partial charge in [-0.15, -0.1) is 0 Å². The first-order chi connectivity index (χ1) is 12.6. The van der Waals surface area contributed by atoms with Crippen molar-refractivity contribution < 1.29 is 19.1 Å². The number of carbonyl (C=O) groups excluding carboxylic acids is 2. The Morgan fingerprint density at radius 3 is 2.38 bits per heavy atom. The molecule has 142 valence electrons. The van der Waals surface area contributed by atoms with Gasteiger partial charge in [-0.25, -0.2) is 0 Å². The normalized spacial score (nSPS) is 19.2. The van der Waals surface area contributed by atoms with Gasteiger partial charge in [0.05, 0.1) is 6.54 Å². The second-order valence-corrected chi connectivity index (χ2v) is 7.26. The second-order valence-electron chi connectivity index (χ2n) is 7.26. The molecule has 1 N–H and O–H groups in total. The lowest BCUT2D eigenvalue weighted by molar-refractivity contribution is -0.119. The Balaban J connectivity index is 1.48. The second kappa shape index (κ2) is 8.54. The van der Waals surface area contributed by atoms with Crippen molar-refractivity contribution in [2.24, 2.45) is 5.41 Å². The Labute approximate surface area is 154 Å². The number of ether oxygens (including phenoxy) is 2. The number of hydrogen-bond acceptors (Lipinski definition) is 4. The number of rotatable bonds is 5. The Hall–Kier alpha value is -2.08. The van der Waals surface area contributed by atoms with Crippen LogP contribution in [0.1, 0.15) is 43.0 Å². The van der Waals surface area contributed by atoms with Crippen molar-refractivity contribution in [3.63, 3.8) is 0 Å². The van der Waals surface area contributed by atoms with E-state index in [0.717, 1.165) is 52.0 Å². The maximum atomic E-state index is 12.7. The summed E-state index contributed by atoms with van der Waals surface area (Å²) >= 11 is 0. The maximum absolute atomic E-state index is 12.7. The van der Waals surface area contributed by atoms with Gasteiger partial charge in [-0.05, 0) is 55.4 Å². The van der Waals surface area contributed by atoms with E-state index in [2.05, 4.69) is 5.32 Å². The fraction of sp³-hybridized carbons (Fsp3) is 0.600.